The van der Waals surface area contributed by atoms with Gasteiger partial charge in [-0.3, -0.25) is 4.72 Å². The number of hydrogen-bond acceptors (Lipinski definition) is 4. The van der Waals surface area contributed by atoms with Crippen LogP contribution in [0.15, 0.2) is 38.2 Å². The Labute approximate surface area is 125 Å². The number of carboxylic acids is 1. The molecule has 1 aromatic heterocycles. The predicted molar refractivity (Wildman–Crippen MR) is 70.5 cm³/mol. The highest BCUT2D eigenvalue weighted by Gasteiger charge is 2.23. The monoisotopic (exact) mass is 381 g/mol. The van der Waals surface area contributed by atoms with Crippen molar-refractivity contribution in [2.75, 3.05) is 4.72 Å². The van der Waals surface area contributed by atoms with Gasteiger partial charge in [0, 0.05) is 6.07 Å². The molecule has 10 heteroatoms. The van der Waals surface area contributed by atoms with Crippen molar-refractivity contribution in [2.24, 2.45) is 0 Å². The topological polar surface area (TPSA) is 96.6 Å². The Kier molecular flexibility index (Phi) is 4.01. The van der Waals surface area contributed by atoms with Gasteiger partial charge in [-0.1, -0.05) is 0 Å². The quantitative estimate of drug-likeness (QED) is 0.793. The van der Waals surface area contributed by atoms with Crippen LogP contribution in [0.2, 0.25) is 0 Å². The molecule has 21 heavy (non-hydrogen) atoms. The van der Waals surface area contributed by atoms with Gasteiger partial charge in [0.25, 0.3) is 10.0 Å². The largest absolute Gasteiger partial charge is 0.475 e. The van der Waals surface area contributed by atoms with Gasteiger partial charge in [0.05, 0.1) is 10.2 Å². The Balaban J connectivity index is 2.37. The Bertz CT molecular complexity index is 818. The third-order valence-electron chi connectivity index (χ3n) is 2.31. The van der Waals surface area contributed by atoms with E-state index in [1.807, 2.05) is 0 Å². The van der Waals surface area contributed by atoms with Crippen molar-refractivity contribution in [1.29, 1.82) is 0 Å². The highest BCUT2D eigenvalue weighted by Crippen LogP contribution is 2.26. The van der Waals surface area contributed by atoms with Gasteiger partial charge in [0.2, 0.25) is 10.9 Å². The molecular formula is C11H6BrF2NO5S. The fourth-order valence-corrected chi connectivity index (χ4v) is 2.68. The Morgan fingerprint density at radius 1 is 1.24 bits per heavy atom. The molecular weight excluding hydrogens is 376 g/mol. The molecule has 0 spiro atoms. The number of hydrogen-bond donors (Lipinski definition) is 2. The van der Waals surface area contributed by atoms with E-state index in [0.717, 1.165) is 18.2 Å². The summed E-state index contributed by atoms with van der Waals surface area (Å²) in [5.41, 5.74) is -0.635. The molecule has 2 rings (SSSR count). The molecule has 0 saturated heterocycles. The molecule has 6 nitrogen and oxygen atoms in total. The highest BCUT2D eigenvalue weighted by molar-refractivity contribution is 9.10. The summed E-state index contributed by atoms with van der Waals surface area (Å²) in [5.74, 6) is -3.95. The van der Waals surface area contributed by atoms with Crippen LogP contribution in [0, 0.1) is 11.6 Å². The lowest BCUT2D eigenvalue weighted by Gasteiger charge is -2.07. The van der Waals surface area contributed by atoms with Crippen molar-refractivity contribution in [3.05, 3.63) is 46.1 Å². The van der Waals surface area contributed by atoms with Crippen molar-refractivity contribution in [1.82, 2.24) is 0 Å². The minimum Gasteiger partial charge on any atom is -0.475 e. The van der Waals surface area contributed by atoms with Gasteiger partial charge < -0.3 is 9.52 Å². The maximum atomic E-state index is 13.6. The number of rotatable bonds is 4. The van der Waals surface area contributed by atoms with Crippen LogP contribution in [-0.4, -0.2) is 19.5 Å². The molecule has 0 amide bonds. The zero-order valence-corrected chi connectivity index (χ0v) is 12.3. The van der Waals surface area contributed by atoms with Crippen molar-refractivity contribution in [3.8, 4) is 0 Å². The summed E-state index contributed by atoms with van der Waals surface area (Å²) in [5, 5.41) is 7.91. The van der Waals surface area contributed by atoms with Crippen LogP contribution in [0.5, 0.6) is 0 Å². The molecule has 2 aromatic rings. The highest BCUT2D eigenvalue weighted by atomic mass is 79.9. The third-order valence-corrected chi connectivity index (χ3v) is 4.16. The summed E-state index contributed by atoms with van der Waals surface area (Å²) in [6.45, 7) is 0. The van der Waals surface area contributed by atoms with Gasteiger partial charge in [0.1, 0.15) is 11.6 Å². The number of carbonyl (C=O) groups is 1. The number of benzene rings is 1. The number of anilines is 1. The molecule has 0 atom stereocenters. The molecule has 0 aliphatic heterocycles. The second kappa shape index (κ2) is 5.45. The average molecular weight is 382 g/mol. The standard InChI is InChI=1S/C11H6BrF2NO5S/c12-5-3-7(14)8(4-6(5)13)15-21(18,19)10-2-1-9(20-10)11(16)17/h1-4,15H,(H,16,17). The number of nitrogens with one attached hydrogen (secondary N) is 1. The summed E-state index contributed by atoms with van der Waals surface area (Å²) in [6.07, 6.45) is 0. The SMILES string of the molecule is O=C(O)c1ccc(S(=O)(=O)Nc2cc(F)c(Br)cc2F)o1. The molecule has 112 valence electrons. The van der Waals surface area contributed by atoms with E-state index in [9.17, 15) is 22.0 Å². The zero-order chi connectivity index (χ0) is 15.8. The van der Waals surface area contributed by atoms with E-state index in [2.05, 4.69) is 20.3 Å². The first-order valence-corrected chi connectivity index (χ1v) is 7.49. The summed E-state index contributed by atoms with van der Waals surface area (Å²) in [6, 6.07) is 3.20. The molecule has 0 fully saturated rings. The van der Waals surface area contributed by atoms with Crippen LogP contribution in [0.1, 0.15) is 10.6 Å². The van der Waals surface area contributed by atoms with Crippen LogP contribution < -0.4 is 4.72 Å². The van der Waals surface area contributed by atoms with Gasteiger partial charge in [-0.2, -0.15) is 8.42 Å². The Hall–Kier alpha value is -1.94. The number of sulfonamides is 1. The lowest BCUT2D eigenvalue weighted by molar-refractivity contribution is 0.0656. The molecule has 0 bridgehead atoms. The third kappa shape index (κ3) is 3.22. The number of halogens is 3. The van der Waals surface area contributed by atoms with Gasteiger partial charge in [-0.05, 0) is 34.1 Å². The molecule has 1 aromatic carbocycles. The molecule has 0 aliphatic rings. The maximum absolute atomic E-state index is 13.6. The van der Waals surface area contributed by atoms with E-state index in [4.69, 9.17) is 5.11 Å². The van der Waals surface area contributed by atoms with Crippen LogP contribution in [0.3, 0.4) is 0 Å². The van der Waals surface area contributed by atoms with Crippen LogP contribution in [0.4, 0.5) is 14.5 Å². The first-order valence-electron chi connectivity index (χ1n) is 5.21. The van der Waals surface area contributed by atoms with E-state index in [-0.39, 0.29) is 4.47 Å². The molecule has 2 N–H and O–H groups in total. The lowest BCUT2D eigenvalue weighted by atomic mass is 10.3. The Morgan fingerprint density at radius 3 is 2.48 bits per heavy atom. The second-order valence-electron chi connectivity index (χ2n) is 3.78. The average Bonchev–Trinajstić information content (AvgIpc) is 2.86. The van der Waals surface area contributed by atoms with Crippen LogP contribution in [-0.2, 0) is 10.0 Å². The van der Waals surface area contributed by atoms with Gasteiger partial charge in [-0.25, -0.2) is 13.6 Å². The normalized spacial score (nSPS) is 11.4. The lowest BCUT2D eigenvalue weighted by Crippen LogP contribution is -2.13. The second-order valence-corrected chi connectivity index (χ2v) is 6.24. The summed E-state index contributed by atoms with van der Waals surface area (Å²) in [7, 11) is -4.38. The molecule has 1 heterocycles. The summed E-state index contributed by atoms with van der Waals surface area (Å²) >= 11 is 2.75. The number of aromatic carboxylic acids is 1. The number of furan rings is 1. The number of carboxylic acid groups (broad SMARTS) is 1. The van der Waals surface area contributed by atoms with Gasteiger partial charge in [0.15, 0.2) is 0 Å². The molecule has 0 aliphatic carbocycles. The summed E-state index contributed by atoms with van der Waals surface area (Å²) in [4.78, 5) is 10.6. The maximum Gasteiger partial charge on any atom is 0.371 e. The summed E-state index contributed by atoms with van der Waals surface area (Å²) < 4.78 is 56.8. The molecule has 0 saturated carbocycles. The van der Waals surface area contributed by atoms with E-state index >= 15 is 0 Å². The van der Waals surface area contributed by atoms with Crippen molar-refractivity contribution >= 4 is 37.6 Å². The predicted octanol–water partition coefficient (Wildman–Crippen LogP) is 2.82. The van der Waals surface area contributed by atoms with E-state index in [1.54, 1.807) is 4.72 Å². The Morgan fingerprint density at radius 2 is 1.90 bits per heavy atom. The first-order chi connectivity index (χ1) is 9.70. The van der Waals surface area contributed by atoms with Crippen molar-refractivity contribution in [3.63, 3.8) is 0 Å². The first kappa shape index (κ1) is 15.4. The van der Waals surface area contributed by atoms with Crippen LogP contribution in [0.25, 0.3) is 0 Å². The fourth-order valence-electron chi connectivity index (χ4n) is 1.38. The van der Waals surface area contributed by atoms with Gasteiger partial charge in [-0.15, -0.1) is 0 Å². The van der Waals surface area contributed by atoms with E-state index in [1.165, 1.54) is 0 Å². The smallest absolute Gasteiger partial charge is 0.371 e. The minimum atomic E-state index is -4.38. The van der Waals surface area contributed by atoms with E-state index in [0.29, 0.717) is 6.07 Å². The van der Waals surface area contributed by atoms with Crippen molar-refractivity contribution in [2.45, 2.75) is 5.09 Å². The van der Waals surface area contributed by atoms with E-state index < -0.39 is 44.2 Å². The fraction of sp³-hybridized carbons (Fsp3) is 0. The van der Waals surface area contributed by atoms with Crippen molar-refractivity contribution < 1.29 is 31.5 Å². The van der Waals surface area contributed by atoms with Gasteiger partial charge >= 0.3 is 5.97 Å². The molecule has 0 unspecified atom stereocenters. The zero-order valence-electron chi connectivity index (χ0n) is 9.93. The minimum absolute atomic E-state index is 0.172. The van der Waals surface area contributed by atoms with Crippen LogP contribution >= 0.6 is 15.9 Å². The molecule has 0 radical (unpaired) electrons.